The van der Waals surface area contributed by atoms with Crippen molar-refractivity contribution in [2.45, 2.75) is 45.5 Å². The highest BCUT2D eigenvalue weighted by Crippen LogP contribution is 2.16. The molecule has 0 saturated heterocycles. The number of hydrogen-bond acceptors (Lipinski definition) is 3. The van der Waals surface area contributed by atoms with Crippen molar-refractivity contribution in [3.63, 3.8) is 0 Å². The lowest BCUT2D eigenvalue weighted by Gasteiger charge is -2.21. The van der Waals surface area contributed by atoms with Gasteiger partial charge < -0.3 is 9.53 Å². The largest absolute Gasteiger partial charge is 0.418 e. The fourth-order valence-electron chi connectivity index (χ4n) is 1.32. The Bertz CT molecular complexity index is 140. The van der Waals surface area contributed by atoms with E-state index in [0.29, 0.717) is 0 Å². The number of aliphatic hydroxyl groups excluding tert-OH is 1. The van der Waals surface area contributed by atoms with Gasteiger partial charge in [-0.15, -0.1) is 0 Å². The lowest BCUT2D eigenvalue weighted by molar-refractivity contribution is 0.220. The van der Waals surface area contributed by atoms with Gasteiger partial charge in [0.05, 0.1) is 6.10 Å². The summed E-state index contributed by atoms with van der Waals surface area (Å²) in [6, 6.07) is 1.23. The Morgan fingerprint density at radius 2 is 2.07 bits per heavy atom. The lowest BCUT2D eigenvalue weighted by Crippen LogP contribution is -2.30. The van der Waals surface area contributed by atoms with Crippen LogP contribution in [0.15, 0.2) is 0 Å². The summed E-state index contributed by atoms with van der Waals surface area (Å²) < 4.78 is 5.74. The molecule has 2 nitrogen and oxygen atoms in total. The van der Waals surface area contributed by atoms with Crippen LogP contribution in [0.1, 0.15) is 20.3 Å². The van der Waals surface area contributed by atoms with Gasteiger partial charge in [0.1, 0.15) is 0 Å². The van der Waals surface area contributed by atoms with E-state index in [1.165, 1.54) is 12.5 Å². The van der Waals surface area contributed by atoms with Gasteiger partial charge in [0.15, 0.2) is 8.32 Å². The van der Waals surface area contributed by atoms with E-state index in [0.717, 1.165) is 18.1 Å². The Morgan fingerprint density at radius 3 is 2.57 bits per heavy atom. The fourth-order valence-corrected chi connectivity index (χ4v) is 4.38. The van der Waals surface area contributed by atoms with Crippen LogP contribution in [-0.4, -0.2) is 37.6 Å². The number of hydrogen-bond donors (Lipinski definition) is 1. The van der Waals surface area contributed by atoms with Gasteiger partial charge >= 0.3 is 0 Å². The molecule has 0 fully saturated rings. The Balaban J connectivity index is 3.34. The molecule has 0 bridgehead atoms. The third-order valence-corrected chi connectivity index (χ3v) is 5.88. The van der Waals surface area contributed by atoms with E-state index in [2.05, 4.69) is 20.0 Å². The van der Waals surface area contributed by atoms with E-state index >= 15 is 0 Å². The average Bonchev–Trinajstić information content (AvgIpc) is 2.02. The minimum atomic E-state index is -1.36. The highest BCUT2D eigenvalue weighted by atomic mass is 32.2. The maximum Gasteiger partial charge on any atom is 0.186 e. The van der Waals surface area contributed by atoms with Gasteiger partial charge in [-0.05, 0) is 45.2 Å². The molecular weight excluding hydrogens is 212 g/mol. The molecular formula is C10H24O2SSi. The van der Waals surface area contributed by atoms with E-state index in [4.69, 9.17) is 9.53 Å². The molecule has 0 aromatic heterocycles. The molecule has 1 unspecified atom stereocenters. The quantitative estimate of drug-likeness (QED) is 0.519. The van der Waals surface area contributed by atoms with Crippen LogP contribution >= 0.6 is 11.8 Å². The number of thioether (sulfide) groups is 1. The van der Waals surface area contributed by atoms with Gasteiger partial charge in [0.2, 0.25) is 0 Å². The van der Waals surface area contributed by atoms with Crippen molar-refractivity contribution in [2.75, 3.05) is 18.1 Å². The molecule has 1 atom stereocenters. The van der Waals surface area contributed by atoms with Crippen molar-refractivity contribution in [3.8, 4) is 0 Å². The molecule has 14 heavy (non-hydrogen) atoms. The topological polar surface area (TPSA) is 29.5 Å². The molecule has 0 radical (unpaired) electrons. The molecule has 0 heterocycles. The zero-order valence-electron chi connectivity index (χ0n) is 9.88. The molecule has 0 rings (SSSR count). The summed E-state index contributed by atoms with van der Waals surface area (Å²) >= 11 is 1.84. The van der Waals surface area contributed by atoms with Crippen molar-refractivity contribution >= 4 is 20.1 Å². The molecule has 4 heteroatoms. The number of aliphatic hydroxyl groups is 1. The van der Waals surface area contributed by atoms with Crippen LogP contribution in [0.25, 0.3) is 0 Å². The Hall–Kier alpha value is 0.487. The van der Waals surface area contributed by atoms with Crippen molar-refractivity contribution in [1.29, 1.82) is 0 Å². The molecule has 0 aromatic rings. The summed E-state index contributed by atoms with van der Waals surface area (Å²) in [6.45, 7) is 9.30. The molecule has 0 aromatic carbocycles. The molecule has 1 N–H and O–H groups in total. The van der Waals surface area contributed by atoms with Gasteiger partial charge in [-0.2, -0.15) is 11.8 Å². The molecule has 0 aliphatic carbocycles. The Morgan fingerprint density at radius 1 is 1.43 bits per heavy atom. The van der Waals surface area contributed by atoms with Crippen LogP contribution < -0.4 is 0 Å². The summed E-state index contributed by atoms with van der Waals surface area (Å²) in [7, 11) is -1.36. The highest BCUT2D eigenvalue weighted by molar-refractivity contribution is 7.99. The first kappa shape index (κ1) is 14.5. The second-order valence-electron chi connectivity index (χ2n) is 4.22. The Labute approximate surface area is 93.6 Å². The summed E-state index contributed by atoms with van der Waals surface area (Å²) in [5.74, 6) is 2.00. The average molecular weight is 236 g/mol. The molecule has 86 valence electrons. The minimum Gasteiger partial charge on any atom is -0.418 e. The molecule has 0 aliphatic heterocycles. The van der Waals surface area contributed by atoms with Gasteiger partial charge in [-0.1, -0.05) is 0 Å². The number of rotatable bonds is 8. The van der Waals surface area contributed by atoms with E-state index in [1.54, 1.807) is 0 Å². The standard InChI is InChI=1S/C10H24O2SSi/c1-5-12-14(3,4)8-6-7-13-9-10(2)11/h10-11H,5-9H2,1-4H3. The Kier molecular flexibility index (Phi) is 8.01. The van der Waals surface area contributed by atoms with Crippen molar-refractivity contribution in [2.24, 2.45) is 0 Å². The van der Waals surface area contributed by atoms with Gasteiger partial charge in [0, 0.05) is 12.4 Å². The zero-order chi connectivity index (χ0) is 11.0. The predicted molar refractivity (Wildman–Crippen MR) is 67.5 cm³/mol. The highest BCUT2D eigenvalue weighted by Gasteiger charge is 2.20. The smallest absolute Gasteiger partial charge is 0.186 e. The molecule has 0 amide bonds. The second-order valence-corrected chi connectivity index (χ2v) is 9.68. The van der Waals surface area contributed by atoms with Crippen LogP contribution in [0.5, 0.6) is 0 Å². The maximum absolute atomic E-state index is 9.06. The normalized spacial score (nSPS) is 14.4. The van der Waals surface area contributed by atoms with Crippen LogP contribution in [-0.2, 0) is 4.43 Å². The lowest BCUT2D eigenvalue weighted by atomic mass is 10.5. The van der Waals surface area contributed by atoms with Gasteiger partial charge in [-0.3, -0.25) is 0 Å². The van der Waals surface area contributed by atoms with Crippen LogP contribution in [0.2, 0.25) is 19.1 Å². The SMILES string of the molecule is CCO[Si](C)(C)CCCSCC(C)O. The maximum atomic E-state index is 9.06. The van der Waals surface area contributed by atoms with Crippen molar-refractivity contribution < 1.29 is 9.53 Å². The first-order valence-corrected chi connectivity index (χ1v) is 9.64. The predicted octanol–water partition coefficient (Wildman–Crippen LogP) is 2.73. The zero-order valence-corrected chi connectivity index (χ0v) is 11.7. The first-order valence-electron chi connectivity index (χ1n) is 5.37. The summed E-state index contributed by atoms with van der Waals surface area (Å²) in [5.41, 5.74) is 0. The monoisotopic (exact) mass is 236 g/mol. The summed E-state index contributed by atoms with van der Waals surface area (Å²) in [4.78, 5) is 0. The summed E-state index contributed by atoms with van der Waals surface area (Å²) in [6.07, 6.45) is 1.05. The minimum absolute atomic E-state index is 0.169. The molecule has 0 aliphatic rings. The van der Waals surface area contributed by atoms with Crippen LogP contribution in [0.3, 0.4) is 0 Å². The fraction of sp³-hybridized carbons (Fsp3) is 1.00. The first-order chi connectivity index (χ1) is 6.48. The third-order valence-electron chi connectivity index (χ3n) is 1.96. The van der Waals surface area contributed by atoms with Crippen molar-refractivity contribution in [3.05, 3.63) is 0 Å². The van der Waals surface area contributed by atoms with Crippen LogP contribution in [0.4, 0.5) is 0 Å². The van der Waals surface area contributed by atoms with Crippen LogP contribution in [0, 0.1) is 0 Å². The molecule has 0 spiro atoms. The van der Waals surface area contributed by atoms with E-state index in [9.17, 15) is 0 Å². The molecule has 0 saturated carbocycles. The van der Waals surface area contributed by atoms with Crippen molar-refractivity contribution in [1.82, 2.24) is 0 Å². The van der Waals surface area contributed by atoms with Gasteiger partial charge in [0.25, 0.3) is 0 Å². The third kappa shape index (κ3) is 9.06. The van der Waals surface area contributed by atoms with E-state index in [-0.39, 0.29) is 6.10 Å². The van der Waals surface area contributed by atoms with E-state index in [1.807, 2.05) is 18.7 Å². The van der Waals surface area contributed by atoms with E-state index < -0.39 is 8.32 Å². The van der Waals surface area contributed by atoms with Gasteiger partial charge in [-0.25, -0.2) is 0 Å². The summed E-state index contributed by atoms with van der Waals surface area (Å²) in [5, 5.41) is 9.06. The second kappa shape index (κ2) is 7.74.